The second-order valence-corrected chi connectivity index (χ2v) is 10.4. The Morgan fingerprint density at radius 1 is 1.19 bits per heavy atom. The first-order chi connectivity index (χ1) is 14.8. The Kier molecular flexibility index (Phi) is 5.69. The van der Waals surface area contributed by atoms with Crippen LogP contribution in [0.5, 0.6) is 0 Å². The number of furan rings is 1. The molecule has 0 atom stereocenters. The number of nitrogens with zero attached hydrogens (tertiary/aromatic N) is 1. The first-order valence-corrected chi connectivity index (χ1v) is 11.9. The average molecular weight is 460 g/mol. The highest BCUT2D eigenvalue weighted by Gasteiger charge is 2.27. The summed E-state index contributed by atoms with van der Waals surface area (Å²) in [6.07, 6.45) is 4.10. The van der Waals surface area contributed by atoms with Gasteiger partial charge in [0.25, 0.3) is 11.8 Å². The summed E-state index contributed by atoms with van der Waals surface area (Å²) in [6, 6.07) is 9.02. The standard InChI is InChI=1S/C21H21N3O5S2/c1-24(12-14-4-3-11-29-14)31(27,28)15-9-7-13(8-10-15)20(26)23-21-18(19(22)25)16-5-2-6-17(16)30-21/h3-4,7-11H,2,5-6,12H2,1H3,(H2,22,25)(H,23,26). The van der Waals surface area contributed by atoms with Crippen molar-refractivity contribution in [1.82, 2.24) is 4.31 Å². The molecule has 0 spiro atoms. The van der Waals surface area contributed by atoms with Crippen molar-refractivity contribution < 1.29 is 22.4 Å². The fourth-order valence-electron chi connectivity index (χ4n) is 3.59. The molecule has 31 heavy (non-hydrogen) atoms. The highest BCUT2D eigenvalue weighted by Crippen LogP contribution is 2.39. The zero-order chi connectivity index (χ0) is 22.2. The van der Waals surface area contributed by atoms with Gasteiger partial charge in [0.05, 0.1) is 23.3 Å². The van der Waals surface area contributed by atoms with E-state index in [1.54, 1.807) is 12.1 Å². The molecule has 1 aliphatic carbocycles. The summed E-state index contributed by atoms with van der Waals surface area (Å²) in [5, 5.41) is 3.20. The molecule has 0 saturated heterocycles. The van der Waals surface area contributed by atoms with Gasteiger partial charge in [-0.3, -0.25) is 9.59 Å². The Morgan fingerprint density at radius 3 is 2.58 bits per heavy atom. The number of thiophene rings is 1. The van der Waals surface area contributed by atoms with Crippen molar-refractivity contribution in [3.05, 3.63) is 70.0 Å². The lowest BCUT2D eigenvalue weighted by Crippen LogP contribution is -2.26. The summed E-state index contributed by atoms with van der Waals surface area (Å²) in [5.41, 5.74) is 7.11. The third-order valence-corrected chi connectivity index (χ3v) is 8.20. The molecule has 0 unspecified atom stereocenters. The minimum Gasteiger partial charge on any atom is -0.468 e. The van der Waals surface area contributed by atoms with Crippen molar-refractivity contribution in [1.29, 1.82) is 0 Å². The second-order valence-electron chi connectivity index (χ2n) is 7.24. The van der Waals surface area contributed by atoms with Crippen molar-refractivity contribution in [2.24, 2.45) is 5.73 Å². The van der Waals surface area contributed by atoms with Crippen LogP contribution < -0.4 is 11.1 Å². The van der Waals surface area contributed by atoms with Gasteiger partial charge in [0, 0.05) is 17.5 Å². The maximum atomic E-state index is 12.8. The van der Waals surface area contributed by atoms with Crippen molar-refractivity contribution >= 4 is 38.2 Å². The molecule has 0 fully saturated rings. The van der Waals surface area contributed by atoms with Gasteiger partial charge in [-0.1, -0.05) is 0 Å². The fraction of sp³-hybridized carbons (Fsp3) is 0.238. The summed E-state index contributed by atoms with van der Waals surface area (Å²) < 4.78 is 31.9. The van der Waals surface area contributed by atoms with E-state index < -0.39 is 21.8 Å². The summed E-state index contributed by atoms with van der Waals surface area (Å²) in [7, 11) is -2.29. The Labute approximate surface area is 183 Å². The van der Waals surface area contributed by atoms with Crippen LogP contribution in [0.3, 0.4) is 0 Å². The van der Waals surface area contributed by atoms with Gasteiger partial charge in [-0.2, -0.15) is 4.31 Å². The molecule has 8 nitrogen and oxygen atoms in total. The first kappa shape index (κ1) is 21.3. The third kappa shape index (κ3) is 4.14. The smallest absolute Gasteiger partial charge is 0.256 e. The van der Waals surface area contributed by atoms with Crippen LogP contribution in [0, 0.1) is 0 Å². The minimum absolute atomic E-state index is 0.0611. The molecule has 0 radical (unpaired) electrons. The number of amides is 2. The van der Waals surface area contributed by atoms with E-state index in [0.29, 0.717) is 16.3 Å². The van der Waals surface area contributed by atoms with Crippen molar-refractivity contribution in [3.8, 4) is 0 Å². The highest BCUT2D eigenvalue weighted by atomic mass is 32.2. The van der Waals surface area contributed by atoms with Crippen LogP contribution in [-0.2, 0) is 29.4 Å². The van der Waals surface area contributed by atoms with E-state index in [1.165, 1.54) is 53.2 Å². The fourth-order valence-corrected chi connectivity index (χ4v) is 6.02. The largest absolute Gasteiger partial charge is 0.468 e. The highest BCUT2D eigenvalue weighted by molar-refractivity contribution is 7.89. The maximum Gasteiger partial charge on any atom is 0.256 e. The topological polar surface area (TPSA) is 123 Å². The van der Waals surface area contributed by atoms with Gasteiger partial charge in [0.1, 0.15) is 10.8 Å². The Hall–Kier alpha value is -2.95. The molecule has 1 aromatic carbocycles. The van der Waals surface area contributed by atoms with Crippen LogP contribution in [0.15, 0.2) is 52.0 Å². The summed E-state index contributed by atoms with van der Waals surface area (Å²) in [6.45, 7) is 0.0938. The molecule has 0 aliphatic heterocycles. The van der Waals surface area contributed by atoms with Crippen LogP contribution in [0.1, 0.15) is 43.3 Å². The summed E-state index contributed by atoms with van der Waals surface area (Å²) in [4.78, 5) is 25.7. The number of nitrogens with two attached hydrogens (primary N) is 1. The van der Waals surface area contributed by atoms with Crippen LogP contribution in [0.25, 0.3) is 0 Å². The number of nitrogens with one attached hydrogen (secondary N) is 1. The van der Waals surface area contributed by atoms with E-state index in [0.717, 1.165) is 29.7 Å². The van der Waals surface area contributed by atoms with E-state index in [9.17, 15) is 18.0 Å². The number of anilines is 1. The van der Waals surface area contributed by atoms with Gasteiger partial charge in [0.15, 0.2) is 0 Å². The molecule has 2 aromatic heterocycles. The molecule has 3 aromatic rings. The molecule has 0 bridgehead atoms. The van der Waals surface area contributed by atoms with Crippen LogP contribution in [0.4, 0.5) is 5.00 Å². The number of primary amides is 1. The van der Waals surface area contributed by atoms with E-state index in [-0.39, 0.29) is 17.0 Å². The second kappa shape index (κ2) is 8.29. The first-order valence-electron chi connectivity index (χ1n) is 9.62. The SMILES string of the molecule is CN(Cc1ccco1)S(=O)(=O)c1ccc(C(=O)Nc2sc3c(c2C(N)=O)CCC3)cc1. The molecule has 1 aliphatic rings. The number of hydrogen-bond acceptors (Lipinski definition) is 6. The minimum atomic E-state index is -3.75. The molecule has 4 rings (SSSR count). The predicted molar refractivity (Wildman–Crippen MR) is 117 cm³/mol. The maximum absolute atomic E-state index is 12.8. The zero-order valence-corrected chi connectivity index (χ0v) is 18.4. The molecule has 10 heteroatoms. The number of benzene rings is 1. The number of fused-ring (bicyclic) bond motifs is 1. The van der Waals surface area contributed by atoms with Gasteiger partial charge in [-0.05, 0) is 61.2 Å². The van der Waals surface area contributed by atoms with Gasteiger partial charge < -0.3 is 15.5 Å². The van der Waals surface area contributed by atoms with E-state index >= 15 is 0 Å². The predicted octanol–water partition coefficient (Wildman–Crippen LogP) is 3.00. The van der Waals surface area contributed by atoms with E-state index in [2.05, 4.69) is 5.32 Å². The van der Waals surface area contributed by atoms with Crippen molar-refractivity contribution in [2.45, 2.75) is 30.7 Å². The normalized spacial score (nSPS) is 13.4. The number of aryl methyl sites for hydroxylation is 1. The monoisotopic (exact) mass is 459 g/mol. The van der Waals surface area contributed by atoms with E-state index in [1.807, 2.05) is 0 Å². The quantitative estimate of drug-likeness (QED) is 0.562. The average Bonchev–Trinajstić information content (AvgIpc) is 3.45. The Balaban J connectivity index is 1.51. The molecule has 2 amide bonds. The molecule has 2 heterocycles. The summed E-state index contributed by atoms with van der Waals surface area (Å²) >= 11 is 1.37. The van der Waals surface area contributed by atoms with E-state index in [4.69, 9.17) is 10.2 Å². The van der Waals surface area contributed by atoms with Crippen LogP contribution >= 0.6 is 11.3 Å². The van der Waals surface area contributed by atoms with Crippen molar-refractivity contribution in [2.75, 3.05) is 12.4 Å². The molecular formula is C21H21N3O5S2. The molecular weight excluding hydrogens is 438 g/mol. The molecule has 162 valence electrons. The van der Waals surface area contributed by atoms with Gasteiger partial charge in [-0.15, -0.1) is 11.3 Å². The van der Waals surface area contributed by atoms with Crippen molar-refractivity contribution in [3.63, 3.8) is 0 Å². The lowest BCUT2D eigenvalue weighted by molar-refractivity contribution is 0.100. The third-order valence-electron chi connectivity index (χ3n) is 5.18. The number of rotatable bonds is 7. The van der Waals surface area contributed by atoms with Gasteiger partial charge >= 0.3 is 0 Å². The van der Waals surface area contributed by atoms with Crippen LogP contribution in [0.2, 0.25) is 0 Å². The lowest BCUT2D eigenvalue weighted by atomic mass is 10.1. The number of carbonyl (C=O) groups is 2. The Morgan fingerprint density at radius 2 is 1.94 bits per heavy atom. The number of sulfonamides is 1. The van der Waals surface area contributed by atoms with Gasteiger partial charge in [-0.25, -0.2) is 8.42 Å². The molecule has 0 saturated carbocycles. The Bertz CT molecular complexity index is 1230. The van der Waals surface area contributed by atoms with Crippen LogP contribution in [-0.4, -0.2) is 31.6 Å². The molecule has 3 N–H and O–H groups in total. The zero-order valence-electron chi connectivity index (χ0n) is 16.8. The van der Waals surface area contributed by atoms with Gasteiger partial charge in [0.2, 0.25) is 10.0 Å². The number of hydrogen-bond donors (Lipinski definition) is 2. The summed E-state index contributed by atoms with van der Waals surface area (Å²) in [5.74, 6) is -0.471. The lowest BCUT2D eigenvalue weighted by Gasteiger charge is -2.16. The number of carbonyl (C=O) groups excluding carboxylic acids is 2.